The molecule has 0 amide bonds. The van der Waals surface area contributed by atoms with Crippen LogP contribution in [0.5, 0.6) is 0 Å². The summed E-state index contributed by atoms with van der Waals surface area (Å²) >= 11 is 0. The molecule has 2 fully saturated rings. The van der Waals surface area contributed by atoms with Gasteiger partial charge in [-0.3, -0.25) is 0 Å². The highest BCUT2D eigenvalue weighted by atomic mass is 16.5. The van der Waals surface area contributed by atoms with E-state index < -0.39 is 0 Å². The second kappa shape index (κ2) is 5.28. The summed E-state index contributed by atoms with van der Waals surface area (Å²) in [6.45, 7) is 1.08. The van der Waals surface area contributed by atoms with Gasteiger partial charge in [0, 0.05) is 13.2 Å². The van der Waals surface area contributed by atoms with Gasteiger partial charge in [-0.1, -0.05) is 0 Å². The van der Waals surface area contributed by atoms with Crippen LogP contribution in [0.2, 0.25) is 0 Å². The van der Waals surface area contributed by atoms with Crippen LogP contribution >= 0.6 is 0 Å². The van der Waals surface area contributed by atoms with Crippen molar-refractivity contribution in [2.75, 3.05) is 13.7 Å². The molecule has 88 valence electrons. The summed E-state index contributed by atoms with van der Waals surface area (Å²) in [7, 11) is 1.80. The third-order valence-corrected chi connectivity index (χ3v) is 4.03. The summed E-state index contributed by atoms with van der Waals surface area (Å²) in [5, 5.41) is 13.4. The molecular formula is C12H23NO2. The zero-order chi connectivity index (χ0) is 10.7. The van der Waals surface area contributed by atoms with E-state index in [9.17, 15) is 5.11 Å². The number of piperidine rings is 1. The Balaban J connectivity index is 1.83. The molecule has 3 nitrogen and oxygen atoms in total. The lowest BCUT2D eigenvalue weighted by Gasteiger charge is -2.38. The second-order valence-corrected chi connectivity index (χ2v) is 4.96. The zero-order valence-corrected chi connectivity index (χ0v) is 9.61. The predicted molar refractivity (Wildman–Crippen MR) is 59.8 cm³/mol. The van der Waals surface area contributed by atoms with Crippen molar-refractivity contribution in [2.45, 2.75) is 56.8 Å². The normalized spacial score (nSPS) is 42.8. The van der Waals surface area contributed by atoms with Crippen LogP contribution in [-0.4, -0.2) is 37.0 Å². The molecule has 0 bridgehead atoms. The maximum absolute atomic E-state index is 9.95. The highest BCUT2D eigenvalue weighted by Crippen LogP contribution is 2.31. The van der Waals surface area contributed by atoms with Gasteiger partial charge in [0.1, 0.15) is 0 Å². The lowest BCUT2D eigenvalue weighted by Crippen LogP contribution is -2.50. The van der Waals surface area contributed by atoms with E-state index in [1.54, 1.807) is 7.11 Å². The lowest BCUT2D eigenvalue weighted by atomic mass is 9.79. The van der Waals surface area contributed by atoms with Gasteiger partial charge in [0.25, 0.3) is 0 Å². The van der Waals surface area contributed by atoms with E-state index in [2.05, 4.69) is 5.32 Å². The van der Waals surface area contributed by atoms with Crippen LogP contribution in [0.4, 0.5) is 0 Å². The van der Waals surface area contributed by atoms with Crippen LogP contribution in [0.15, 0.2) is 0 Å². The maximum atomic E-state index is 9.95. The number of hydrogen-bond donors (Lipinski definition) is 2. The number of ether oxygens (including phenoxy) is 1. The molecule has 2 aliphatic rings. The molecule has 1 saturated heterocycles. The van der Waals surface area contributed by atoms with E-state index >= 15 is 0 Å². The molecule has 1 aliphatic carbocycles. The average Bonchev–Trinajstić information content (AvgIpc) is 2.30. The van der Waals surface area contributed by atoms with Gasteiger partial charge in [-0.2, -0.15) is 0 Å². The standard InChI is InChI=1S/C12H23NO2/c1-15-10-6-4-9(5-7-10)12-11(14)3-2-8-13-12/h9-14H,2-8H2,1H3. The van der Waals surface area contributed by atoms with Gasteiger partial charge >= 0.3 is 0 Å². The number of methoxy groups -OCH3 is 1. The predicted octanol–water partition coefficient (Wildman–Crippen LogP) is 1.30. The van der Waals surface area contributed by atoms with Crippen molar-refractivity contribution in [2.24, 2.45) is 5.92 Å². The van der Waals surface area contributed by atoms with Crippen molar-refractivity contribution >= 4 is 0 Å². The van der Waals surface area contributed by atoms with E-state index in [1.807, 2.05) is 0 Å². The van der Waals surface area contributed by atoms with Crippen molar-refractivity contribution in [3.05, 3.63) is 0 Å². The van der Waals surface area contributed by atoms with Gasteiger partial charge in [-0.25, -0.2) is 0 Å². The Hall–Kier alpha value is -0.120. The zero-order valence-electron chi connectivity index (χ0n) is 9.61. The molecule has 2 atom stereocenters. The smallest absolute Gasteiger partial charge is 0.0696 e. The molecule has 1 aliphatic heterocycles. The van der Waals surface area contributed by atoms with Crippen LogP contribution in [0, 0.1) is 5.92 Å². The SMILES string of the molecule is COC1CCC(C2NCCCC2O)CC1. The molecule has 2 rings (SSSR count). The minimum Gasteiger partial charge on any atom is -0.391 e. The summed E-state index contributed by atoms with van der Waals surface area (Å²) in [5.74, 6) is 0.659. The van der Waals surface area contributed by atoms with Gasteiger partial charge in [-0.15, -0.1) is 0 Å². The van der Waals surface area contributed by atoms with Crippen LogP contribution in [0.1, 0.15) is 38.5 Å². The van der Waals surface area contributed by atoms with Crippen LogP contribution in [-0.2, 0) is 4.74 Å². The van der Waals surface area contributed by atoms with Crippen molar-refractivity contribution in [3.63, 3.8) is 0 Å². The summed E-state index contributed by atoms with van der Waals surface area (Å²) in [6, 6.07) is 0.344. The lowest BCUT2D eigenvalue weighted by molar-refractivity contribution is 0.0183. The Labute approximate surface area is 92.2 Å². The first-order valence-electron chi connectivity index (χ1n) is 6.25. The fourth-order valence-electron chi connectivity index (χ4n) is 3.06. The number of aliphatic hydroxyl groups excluding tert-OH is 1. The molecule has 0 aromatic rings. The van der Waals surface area contributed by atoms with Gasteiger partial charge in [0.15, 0.2) is 0 Å². The van der Waals surface area contributed by atoms with Crippen LogP contribution in [0.25, 0.3) is 0 Å². The summed E-state index contributed by atoms with van der Waals surface area (Å²) < 4.78 is 5.37. The van der Waals surface area contributed by atoms with E-state index in [0.29, 0.717) is 18.1 Å². The first-order chi connectivity index (χ1) is 7.31. The third-order valence-electron chi connectivity index (χ3n) is 4.03. The number of rotatable bonds is 2. The fourth-order valence-corrected chi connectivity index (χ4v) is 3.06. The number of nitrogens with one attached hydrogen (secondary N) is 1. The van der Waals surface area contributed by atoms with E-state index in [1.165, 1.54) is 12.8 Å². The van der Waals surface area contributed by atoms with E-state index in [-0.39, 0.29) is 6.10 Å². The molecule has 0 spiro atoms. The molecule has 0 aromatic carbocycles. The van der Waals surface area contributed by atoms with Crippen molar-refractivity contribution in [1.82, 2.24) is 5.32 Å². The molecule has 1 saturated carbocycles. The molecular weight excluding hydrogens is 190 g/mol. The summed E-state index contributed by atoms with van der Waals surface area (Å²) in [6.07, 6.45) is 7.15. The monoisotopic (exact) mass is 213 g/mol. The Morgan fingerprint density at radius 1 is 1.13 bits per heavy atom. The van der Waals surface area contributed by atoms with Gasteiger partial charge in [0.2, 0.25) is 0 Å². The quantitative estimate of drug-likeness (QED) is 0.726. The minimum atomic E-state index is -0.122. The molecule has 2 unspecified atom stereocenters. The summed E-state index contributed by atoms with van der Waals surface area (Å²) in [4.78, 5) is 0. The van der Waals surface area contributed by atoms with Crippen LogP contribution in [0.3, 0.4) is 0 Å². The maximum Gasteiger partial charge on any atom is 0.0696 e. The third kappa shape index (κ3) is 2.71. The molecule has 0 aromatic heterocycles. The topological polar surface area (TPSA) is 41.5 Å². The van der Waals surface area contributed by atoms with Crippen LogP contribution < -0.4 is 5.32 Å². The number of hydrogen-bond acceptors (Lipinski definition) is 3. The average molecular weight is 213 g/mol. The second-order valence-electron chi connectivity index (χ2n) is 4.96. The Morgan fingerprint density at radius 2 is 1.87 bits per heavy atom. The minimum absolute atomic E-state index is 0.122. The Kier molecular flexibility index (Phi) is 4.00. The van der Waals surface area contributed by atoms with Crippen molar-refractivity contribution in [3.8, 4) is 0 Å². The fraction of sp³-hybridized carbons (Fsp3) is 1.00. The highest BCUT2D eigenvalue weighted by Gasteiger charge is 2.33. The largest absolute Gasteiger partial charge is 0.391 e. The van der Waals surface area contributed by atoms with E-state index in [4.69, 9.17) is 4.74 Å². The highest BCUT2D eigenvalue weighted by molar-refractivity contribution is 4.89. The Morgan fingerprint density at radius 3 is 2.47 bits per heavy atom. The molecule has 3 heteroatoms. The van der Waals surface area contributed by atoms with Crippen molar-refractivity contribution in [1.29, 1.82) is 0 Å². The molecule has 1 heterocycles. The van der Waals surface area contributed by atoms with E-state index in [0.717, 1.165) is 32.2 Å². The molecule has 2 N–H and O–H groups in total. The van der Waals surface area contributed by atoms with Gasteiger partial charge in [-0.05, 0) is 51.0 Å². The first-order valence-corrected chi connectivity index (χ1v) is 6.25. The first kappa shape index (κ1) is 11.4. The van der Waals surface area contributed by atoms with Gasteiger partial charge < -0.3 is 15.2 Å². The van der Waals surface area contributed by atoms with Gasteiger partial charge in [0.05, 0.1) is 12.2 Å². The summed E-state index contributed by atoms with van der Waals surface area (Å²) in [5.41, 5.74) is 0. The molecule has 15 heavy (non-hydrogen) atoms. The Bertz CT molecular complexity index is 190. The number of aliphatic hydroxyl groups is 1. The molecule has 0 radical (unpaired) electrons. The van der Waals surface area contributed by atoms with Crippen molar-refractivity contribution < 1.29 is 9.84 Å².